The molecular weight excluding hydrogens is 217 g/mol. The predicted molar refractivity (Wildman–Crippen MR) is 65.6 cm³/mol. The smallest absolute Gasteiger partial charge is 0.125 e. The lowest BCUT2D eigenvalue weighted by Crippen LogP contribution is -2.12. The largest absolute Gasteiger partial charge is 0.311 e. The highest BCUT2D eigenvalue weighted by atomic mass is 19.1. The molecule has 1 aromatic carbocycles. The number of hydrogen-bond donors (Lipinski definition) is 1. The minimum absolute atomic E-state index is 0.241. The van der Waals surface area contributed by atoms with E-state index in [0.717, 1.165) is 30.0 Å². The van der Waals surface area contributed by atoms with Gasteiger partial charge in [-0.2, -0.15) is 5.10 Å². The Balaban J connectivity index is 2.27. The number of aryl methyl sites for hydroxylation is 1. The molecule has 0 spiro atoms. The van der Waals surface area contributed by atoms with Gasteiger partial charge < -0.3 is 5.32 Å². The van der Waals surface area contributed by atoms with Crippen molar-refractivity contribution in [2.24, 2.45) is 0 Å². The SMILES string of the molecule is CCNCc1ccn(-c2cc(F)ccc2C)n1. The second kappa shape index (κ2) is 5.10. The maximum absolute atomic E-state index is 13.2. The standard InChI is InChI=1S/C13H16FN3/c1-3-15-9-12-6-7-17(16-12)13-8-11(14)5-4-10(13)2/h4-8,15H,3,9H2,1-2H3. The molecule has 0 radical (unpaired) electrons. The molecule has 0 bridgehead atoms. The zero-order valence-corrected chi connectivity index (χ0v) is 10.1. The Morgan fingerprint density at radius 3 is 2.94 bits per heavy atom. The number of nitrogens with one attached hydrogen (secondary N) is 1. The van der Waals surface area contributed by atoms with Crippen LogP contribution in [0.1, 0.15) is 18.2 Å². The van der Waals surface area contributed by atoms with E-state index in [1.165, 1.54) is 12.1 Å². The zero-order valence-electron chi connectivity index (χ0n) is 10.1. The van der Waals surface area contributed by atoms with E-state index in [-0.39, 0.29) is 5.82 Å². The van der Waals surface area contributed by atoms with Gasteiger partial charge in [0.1, 0.15) is 5.82 Å². The van der Waals surface area contributed by atoms with Crippen LogP contribution in [0.3, 0.4) is 0 Å². The fraction of sp³-hybridized carbons (Fsp3) is 0.308. The normalized spacial score (nSPS) is 10.8. The van der Waals surface area contributed by atoms with E-state index in [1.807, 2.05) is 26.1 Å². The third-order valence-electron chi connectivity index (χ3n) is 2.62. The second-order valence-electron chi connectivity index (χ2n) is 3.96. The molecule has 0 saturated heterocycles. The molecule has 4 heteroatoms. The van der Waals surface area contributed by atoms with Gasteiger partial charge in [-0.15, -0.1) is 0 Å². The van der Waals surface area contributed by atoms with Gasteiger partial charge in [-0.25, -0.2) is 9.07 Å². The number of benzene rings is 1. The van der Waals surface area contributed by atoms with Gasteiger partial charge in [0.2, 0.25) is 0 Å². The van der Waals surface area contributed by atoms with Gasteiger partial charge in [0.05, 0.1) is 11.4 Å². The molecule has 0 amide bonds. The van der Waals surface area contributed by atoms with Gasteiger partial charge >= 0.3 is 0 Å². The molecule has 90 valence electrons. The Bertz CT molecular complexity index is 505. The molecule has 17 heavy (non-hydrogen) atoms. The molecule has 1 aromatic heterocycles. The Kier molecular flexibility index (Phi) is 3.54. The molecule has 0 atom stereocenters. The van der Waals surface area contributed by atoms with Gasteiger partial charge in [-0.3, -0.25) is 0 Å². The summed E-state index contributed by atoms with van der Waals surface area (Å²) in [6.07, 6.45) is 1.86. The van der Waals surface area contributed by atoms with Crippen molar-refractivity contribution in [2.45, 2.75) is 20.4 Å². The molecule has 2 aromatic rings. The molecule has 0 fully saturated rings. The van der Waals surface area contributed by atoms with E-state index in [9.17, 15) is 4.39 Å². The van der Waals surface area contributed by atoms with Crippen molar-refractivity contribution < 1.29 is 4.39 Å². The molecule has 0 aliphatic carbocycles. The average molecular weight is 233 g/mol. The quantitative estimate of drug-likeness (QED) is 0.879. The first-order chi connectivity index (χ1) is 8.20. The highest BCUT2D eigenvalue weighted by Crippen LogP contribution is 2.15. The van der Waals surface area contributed by atoms with E-state index in [1.54, 1.807) is 10.7 Å². The Labute approximate surface area is 100 Å². The van der Waals surface area contributed by atoms with E-state index in [4.69, 9.17) is 0 Å². The van der Waals surface area contributed by atoms with Crippen molar-refractivity contribution in [3.05, 3.63) is 47.5 Å². The zero-order chi connectivity index (χ0) is 12.3. The van der Waals surface area contributed by atoms with Crippen LogP contribution in [0.25, 0.3) is 5.69 Å². The van der Waals surface area contributed by atoms with Crippen LogP contribution in [0.5, 0.6) is 0 Å². The van der Waals surface area contributed by atoms with Crippen LogP contribution in [0.4, 0.5) is 4.39 Å². The minimum atomic E-state index is -0.241. The van der Waals surface area contributed by atoms with Gasteiger partial charge in [0, 0.05) is 12.7 Å². The Morgan fingerprint density at radius 1 is 1.35 bits per heavy atom. The summed E-state index contributed by atoms with van der Waals surface area (Å²) in [7, 11) is 0. The summed E-state index contributed by atoms with van der Waals surface area (Å²) in [5.74, 6) is -0.241. The number of halogens is 1. The monoisotopic (exact) mass is 233 g/mol. The molecule has 0 aliphatic rings. The van der Waals surface area contributed by atoms with E-state index >= 15 is 0 Å². The summed E-state index contributed by atoms with van der Waals surface area (Å²) >= 11 is 0. The highest BCUT2D eigenvalue weighted by Gasteiger charge is 2.05. The third-order valence-corrected chi connectivity index (χ3v) is 2.62. The summed E-state index contributed by atoms with van der Waals surface area (Å²) in [5, 5.41) is 7.61. The topological polar surface area (TPSA) is 29.9 Å². The predicted octanol–water partition coefficient (Wildman–Crippen LogP) is 2.43. The molecule has 0 unspecified atom stereocenters. The highest BCUT2D eigenvalue weighted by molar-refractivity contribution is 5.39. The molecule has 1 N–H and O–H groups in total. The van der Waals surface area contributed by atoms with Crippen LogP contribution >= 0.6 is 0 Å². The Morgan fingerprint density at radius 2 is 2.18 bits per heavy atom. The summed E-state index contributed by atoms with van der Waals surface area (Å²) in [6.45, 7) is 5.64. The fourth-order valence-electron chi connectivity index (χ4n) is 1.67. The molecule has 2 rings (SSSR count). The fourth-order valence-corrected chi connectivity index (χ4v) is 1.67. The number of hydrogen-bond acceptors (Lipinski definition) is 2. The number of aromatic nitrogens is 2. The number of nitrogens with zero attached hydrogens (tertiary/aromatic N) is 2. The Hall–Kier alpha value is -1.68. The van der Waals surface area contributed by atoms with Gasteiger partial charge in [0.15, 0.2) is 0 Å². The van der Waals surface area contributed by atoms with E-state index < -0.39 is 0 Å². The maximum atomic E-state index is 13.2. The molecular formula is C13H16FN3. The lowest BCUT2D eigenvalue weighted by atomic mass is 10.2. The van der Waals surface area contributed by atoms with Crippen molar-refractivity contribution in [3.63, 3.8) is 0 Å². The molecule has 0 saturated carbocycles. The van der Waals surface area contributed by atoms with Crippen molar-refractivity contribution in [1.29, 1.82) is 0 Å². The van der Waals surface area contributed by atoms with E-state index in [2.05, 4.69) is 10.4 Å². The maximum Gasteiger partial charge on any atom is 0.125 e. The summed E-state index contributed by atoms with van der Waals surface area (Å²) in [5.41, 5.74) is 2.74. The molecule has 1 heterocycles. The molecule has 3 nitrogen and oxygen atoms in total. The van der Waals surface area contributed by atoms with E-state index in [0.29, 0.717) is 0 Å². The van der Waals surface area contributed by atoms with Crippen molar-refractivity contribution in [3.8, 4) is 5.69 Å². The van der Waals surface area contributed by atoms with Crippen molar-refractivity contribution in [2.75, 3.05) is 6.54 Å². The van der Waals surface area contributed by atoms with Crippen LogP contribution in [0, 0.1) is 12.7 Å². The minimum Gasteiger partial charge on any atom is -0.311 e. The van der Waals surface area contributed by atoms with Crippen molar-refractivity contribution in [1.82, 2.24) is 15.1 Å². The van der Waals surface area contributed by atoms with Crippen LogP contribution in [0.2, 0.25) is 0 Å². The number of rotatable bonds is 4. The van der Waals surface area contributed by atoms with Crippen LogP contribution in [-0.2, 0) is 6.54 Å². The van der Waals surface area contributed by atoms with Crippen LogP contribution in [0.15, 0.2) is 30.5 Å². The van der Waals surface area contributed by atoms with Gasteiger partial charge in [0.25, 0.3) is 0 Å². The first kappa shape index (κ1) is 11.8. The summed E-state index contributed by atoms with van der Waals surface area (Å²) < 4.78 is 14.9. The van der Waals surface area contributed by atoms with Crippen LogP contribution < -0.4 is 5.32 Å². The lowest BCUT2D eigenvalue weighted by molar-refractivity contribution is 0.624. The first-order valence-electron chi connectivity index (χ1n) is 5.72. The molecule has 0 aliphatic heterocycles. The third kappa shape index (κ3) is 2.71. The lowest BCUT2D eigenvalue weighted by Gasteiger charge is -2.05. The second-order valence-corrected chi connectivity index (χ2v) is 3.96. The summed E-state index contributed by atoms with van der Waals surface area (Å²) in [6, 6.07) is 6.66. The average Bonchev–Trinajstić information content (AvgIpc) is 2.78. The van der Waals surface area contributed by atoms with Gasteiger partial charge in [-0.1, -0.05) is 13.0 Å². The van der Waals surface area contributed by atoms with Crippen LogP contribution in [-0.4, -0.2) is 16.3 Å². The van der Waals surface area contributed by atoms with Crippen molar-refractivity contribution >= 4 is 0 Å². The first-order valence-corrected chi connectivity index (χ1v) is 5.72. The summed E-state index contributed by atoms with van der Waals surface area (Å²) in [4.78, 5) is 0. The van der Waals surface area contributed by atoms with Gasteiger partial charge in [-0.05, 0) is 37.2 Å².